The normalized spacial score (nSPS) is 11.5. The first-order valence-corrected chi connectivity index (χ1v) is 10.6. The Bertz CT molecular complexity index is 806. The number of nitrogens with one attached hydrogen (secondary N) is 1. The molecule has 0 saturated heterocycles. The number of methoxy groups -OCH3 is 1. The van der Waals surface area contributed by atoms with Gasteiger partial charge in [-0.2, -0.15) is 0 Å². The summed E-state index contributed by atoms with van der Waals surface area (Å²) >= 11 is 0. The van der Waals surface area contributed by atoms with Gasteiger partial charge in [0.2, 0.25) is 5.91 Å². The molecule has 0 bridgehead atoms. The zero-order valence-corrected chi connectivity index (χ0v) is 18.3. The summed E-state index contributed by atoms with van der Waals surface area (Å²) in [7, 11) is 1.63. The van der Waals surface area contributed by atoms with E-state index in [2.05, 4.69) is 5.32 Å². The van der Waals surface area contributed by atoms with E-state index in [1.54, 1.807) is 14.0 Å². The van der Waals surface area contributed by atoms with Crippen LogP contribution in [-0.2, 0) is 27.2 Å². The summed E-state index contributed by atoms with van der Waals surface area (Å²) in [6, 6.07) is 14.6. The van der Waals surface area contributed by atoms with Crippen LogP contribution in [0.15, 0.2) is 48.5 Å². The Morgan fingerprint density at radius 3 is 2.29 bits per heavy atom. The lowest BCUT2D eigenvalue weighted by atomic mass is 10.1. The fourth-order valence-electron chi connectivity index (χ4n) is 2.96. The van der Waals surface area contributed by atoms with Crippen molar-refractivity contribution in [1.82, 2.24) is 5.32 Å². The maximum Gasteiger partial charge on any atom is 0.305 e. The van der Waals surface area contributed by atoms with E-state index in [1.807, 2.05) is 48.5 Å². The monoisotopic (exact) mass is 428 g/mol. The van der Waals surface area contributed by atoms with Gasteiger partial charge in [-0.15, -0.1) is 0 Å². The summed E-state index contributed by atoms with van der Waals surface area (Å²) in [5, 5.41) is 2.89. The van der Waals surface area contributed by atoms with Crippen molar-refractivity contribution >= 4 is 11.9 Å². The molecule has 1 amide bonds. The summed E-state index contributed by atoms with van der Waals surface area (Å²) in [5.41, 5.74) is 8.13. The third-order valence-electron chi connectivity index (χ3n) is 4.69. The van der Waals surface area contributed by atoms with Gasteiger partial charge in [-0.25, -0.2) is 0 Å². The third kappa shape index (κ3) is 9.09. The Morgan fingerprint density at radius 2 is 1.65 bits per heavy atom. The minimum Gasteiger partial charge on any atom is -0.497 e. The second-order valence-electron chi connectivity index (χ2n) is 7.10. The van der Waals surface area contributed by atoms with Gasteiger partial charge >= 0.3 is 5.97 Å². The predicted octanol–water partition coefficient (Wildman–Crippen LogP) is 2.65. The molecule has 0 spiro atoms. The van der Waals surface area contributed by atoms with E-state index < -0.39 is 6.04 Å². The van der Waals surface area contributed by atoms with Crippen molar-refractivity contribution in [1.29, 1.82) is 0 Å². The number of nitrogens with two attached hydrogens (primary N) is 1. The van der Waals surface area contributed by atoms with E-state index in [-0.39, 0.29) is 11.9 Å². The lowest BCUT2D eigenvalue weighted by Crippen LogP contribution is -2.42. The Hall–Kier alpha value is -3.06. The smallest absolute Gasteiger partial charge is 0.305 e. The van der Waals surface area contributed by atoms with Gasteiger partial charge in [-0.05, 0) is 61.6 Å². The second kappa shape index (κ2) is 13.3. The number of ether oxygens (including phenoxy) is 3. The van der Waals surface area contributed by atoms with Crippen molar-refractivity contribution < 1.29 is 23.8 Å². The number of esters is 1. The van der Waals surface area contributed by atoms with Crippen molar-refractivity contribution in [3.05, 3.63) is 59.7 Å². The van der Waals surface area contributed by atoms with Crippen molar-refractivity contribution in [2.45, 2.75) is 38.6 Å². The van der Waals surface area contributed by atoms with E-state index in [4.69, 9.17) is 19.9 Å². The SMILES string of the molecule is CCOC(=O)CCCOc1ccc(C[C@H](N)C(=O)NCCc2ccc(OC)cc2)cc1. The van der Waals surface area contributed by atoms with Gasteiger partial charge in [0.1, 0.15) is 11.5 Å². The predicted molar refractivity (Wildman–Crippen MR) is 119 cm³/mol. The maximum atomic E-state index is 12.3. The highest BCUT2D eigenvalue weighted by molar-refractivity contribution is 5.81. The van der Waals surface area contributed by atoms with Crippen LogP contribution in [0.1, 0.15) is 30.9 Å². The molecular weight excluding hydrogens is 396 g/mol. The third-order valence-corrected chi connectivity index (χ3v) is 4.69. The molecular formula is C24H32N2O5. The molecule has 0 radical (unpaired) electrons. The summed E-state index contributed by atoms with van der Waals surface area (Å²) in [6.45, 7) is 3.14. The number of benzene rings is 2. The van der Waals surface area contributed by atoms with Gasteiger partial charge in [0.25, 0.3) is 0 Å². The molecule has 7 heteroatoms. The fraction of sp³-hybridized carbons (Fsp3) is 0.417. The molecule has 0 heterocycles. The maximum absolute atomic E-state index is 12.3. The molecule has 0 aromatic heterocycles. The standard InChI is InChI=1S/C24H32N2O5/c1-3-30-23(27)5-4-16-31-21-12-8-19(9-13-21)17-22(25)24(28)26-15-14-18-6-10-20(29-2)11-7-18/h6-13,22H,3-5,14-17,25H2,1-2H3,(H,26,28)/t22-/m0/s1. The molecule has 3 N–H and O–H groups in total. The lowest BCUT2D eigenvalue weighted by molar-refractivity contribution is -0.143. The molecule has 31 heavy (non-hydrogen) atoms. The highest BCUT2D eigenvalue weighted by Gasteiger charge is 2.13. The summed E-state index contributed by atoms with van der Waals surface area (Å²) in [6.07, 6.45) is 2.11. The average Bonchev–Trinajstić information content (AvgIpc) is 2.78. The molecule has 2 rings (SSSR count). The Morgan fingerprint density at radius 1 is 1.00 bits per heavy atom. The number of amides is 1. The number of hydrogen-bond donors (Lipinski definition) is 2. The first-order valence-electron chi connectivity index (χ1n) is 10.6. The number of rotatable bonds is 13. The molecule has 2 aromatic carbocycles. The van der Waals surface area contributed by atoms with Crippen LogP contribution in [0.3, 0.4) is 0 Å². The van der Waals surface area contributed by atoms with Gasteiger partial charge in [0.05, 0.1) is 26.4 Å². The van der Waals surface area contributed by atoms with Gasteiger partial charge in [0.15, 0.2) is 0 Å². The highest BCUT2D eigenvalue weighted by atomic mass is 16.5. The molecule has 0 fully saturated rings. The number of hydrogen-bond acceptors (Lipinski definition) is 6. The number of carbonyl (C=O) groups excluding carboxylic acids is 2. The van der Waals surface area contributed by atoms with Gasteiger partial charge in [0, 0.05) is 13.0 Å². The summed E-state index contributed by atoms with van der Waals surface area (Å²) in [4.78, 5) is 23.6. The zero-order valence-electron chi connectivity index (χ0n) is 18.3. The molecule has 1 atom stereocenters. The van der Waals surface area contributed by atoms with E-state index in [0.29, 0.717) is 44.8 Å². The topological polar surface area (TPSA) is 99.9 Å². The molecule has 0 unspecified atom stereocenters. The van der Waals surface area contributed by atoms with Crippen LogP contribution in [0.25, 0.3) is 0 Å². The molecule has 168 valence electrons. The van der Waals surface area contributed by atoms with E-state index >= 15 is 0 Å². The summed E-state index contributed by atoms with van der Waals surface area (Å²) < 4.78 is 15.6. The van der Waals surface area contributed by atoms with Crippen LogP contribution < -0.4 is 20.5 Å². The van der Waals surface area contributed by atoms with E-state index in [0.717, 1.165) is 23.3 Å². The Labute approximate surface area is 183 Å². The number of carbonyl (C=O) groups is 2. The van der Waals surface area contributed by atoms with Crippen LogP contribution in [0.4, 0.5) is 0 Å². The average molecular weight is 429 g/mol. The van der Waals surface area contributed by atoms with Crippen molar-refractivity contribution in [3.63, 3.8) is 0 Å². The first-order chi connectivity index (χ1) is 15.0. The Balaban J connectivity index is 1.67. The zero-order chi connectivity index (χ0) is 22.5. The summed E-state index contributed by atoms with van der Waals surface area (Å²) in [5.74, 6) is 1.14. The largest absolute Gasteiger partial charge is 0.497 e. The van der Waals surface area contributed by atoms with Crippen LogP contribution in [0.5, 0.6) is 11.5 Å². The molecule has 0 aliphatic rings. The second-order valence-corrected chi connectivity index (χ2v) is 7.10. The van der Waals surface area contributed by atoms with Crippen LogP contribution in [0.2, 0.25) is 0 Å². The minimum absolute atomic E-state index is 0.173. The molecule has 0 aliphatic carbocycles. The van der Waals surface area contributed by atoms with E-state index in [1.165, 1.54) is 0 Å². The quantitative estimate of drug-likeness (QED) is 0.376. The van der Waals surface area contributed by atoms with Crippen molar-refractivity contribution in [2.24, 2.45) is 5.73 Å². The van der Waals surface area contributed by atoms with Gasteiger partial charge in [-0.3, -0.25) is 9.59 Å². The minimum atomic E-state index is -0.618. The fourth-order valence-corrected chi connectivity index (χ4v) is 2.96. The van der Waals surface area contributed by atoms with Crippen LogP contribution in [-0.4, -0.2) is 44.8 Å². The molecule has 7 nitrogen and oxygen atoms in total. The van der Waals surface area contributed by atoms with Crippen LogP contribution in [0, 0.1) is 0 Å². The van der Waals surface area contributed by atoms with Crippen molar-refractivity contribution in [3.8, 4) is 11.5 Å². The van der Waals surface area contributed by atoms with Crippen LogP contribution >= 0.6 is 0 Å². The molecule has 0 saturated carbocycles. The van der Waals surface area contributed by atoms with E-state index in [9.17, 15) is 9.59 Å². The first kappa shape index (κ1) is 24.2. The molecule has 2 aromatic rings. The van der Waals surface area contributed by atoms with Gasteiger partial charge in [-0.1, -0.05) is 24.3 Å². The van der Waals surface area contributed by atoms with Gasteiger partial charge < -0.3 is 25.3 Å². The van der Waals surface area contributed by atoms with Crippen molar-refractivity contribution in [2.75, 3.05) is 26.9 Å². The lowest BCUT2D eigenvalue weighted by Gasteiger charge is -2.13. The highest BCUT2D eigenvalue weighted by Crippen LogP contribution is 2.14. The Kier molecular flexibility index (Phi) is 10.4. The molecule has 0 aliphatic heterocycles.